The van der Waals surface area contributed by atoms with Crippen LogP contribution in [-0.2, 0) is 19.5 Å². The molecular weight excluding hydrogens is 444 g/mol. The van der Waals surface area contributed by atoms with Crippen LogP contribution in [0.25, 0.3) is 11.1 Å². The molecule has 0 spiro atoms. The lowest BCUT2D eigenvalue weighted by Crippen LogP contribution is -2.33. The van der Waals surface area contributed by atoms with Crippen LogP contribution in [0.4, 0.5) is 5.82 Å². The molecule has 1 aliphatic heterocycles. The van der Waals surface area contributed by atoms with Gasteiger partial charge in [0.1, 0.15) is 5.82 Å². The van der Waals surface area contributed by atoms with Gasteiger partial charge < -0.3 is 14.8 Å². The highest BCUT2D eigenvalue weighted by atomic mass is 16.1. The van der Waals surface area contributed by atoms with Crippen molar-refractivity contribution in [3.8, 4) is 11.1 Å². The molecule has 4 rings (SSSR count). The fourth-order valence-electron chi connectivity index (χ4n) is 3.95. The third-order valence-electron chi connectivity index (χ3n) is 5.57. The number of benzene rings is 1. The second-order valence-electron chi connectivity index (χ2n) is 7.23. The van der Waals surface area contributed by atoms with E-state index in [-0.39, 0.29) is 5.91 Å². The number of fused-ring (bicyclic) bond motifs is 1. The number of hydrogen-bond acceptors (Lipinski definition) is 3. The Bertz CT molecular complexity index is 1020. The third kappa shape index (κ3) is 8.25. The van der Waals surface area contributed by atoms with E-state index in [2.05, 4.69) is 65.3 Å². The van der Waals surface area contributed by atoms with Crippen molar-refractivity contribution in [1.82, 2.24) is 14.9 Å². The van der Waals surface area contributed by atoms with Crippen molar-refractivity contribution in [2.24, 2.45) is 0 Å². The highest BCUT2D eigenvalue weighted by Crippen LogP contribution is 2.29. The van der Waals surface area contributed by atoms with E-state index >= 15 is 0 Å². The van der Waals surface area contributed by atoms with Crippen molar-refractivity contribution >= 4 is 11.7 Å². The van der Waals surface area contributed by atoms with Crippen LogP contribution in [0.15, 0.2) is 48.8 Å². The van der Waals surface area contributed by atoms with Gasteiger partial charge in [0.25, 0.3) is 5.91 Å². The first-order valence-corrected chi connectivity index (χ1v) is 13.8. The number of rotatable bonds is 4. The number of nitrogens with zero attached hydrogens (tertiary/aromatic N) is 3. The Balaban J connectivity index is 0.00000140. The number of aryl methyl sites for hydroxylation is 2. The maximum Gasteiger partial charge on any atom is 0.251 e. The fourth-order valence-corrected chi connectivity index (χ4v) is 3.95. The summed E-state index contributed by atoms with van der Waals surface area (Å²) in [7, 11) is 1.68. The molecule has 2 aromatic heterocycles. The van der Waals surface area contributed by atoms with Crippen molar-refractivity contribution in [3.63, 3.8) is 0 Å². The number of nitrogens with one attached hydrogen (secondary N) is 1. The van der Waals surface area contributed by atoms with Gasteiger partial charge in [-0.1, -0.05) is 67.5 Å². The first-order valence-electron chi connectivity index (χ1n) is 13.8. The van der Waals surface area contributed by atoms with Crippen LogP contribution < -0.4 is 10.2 Å². The summed E-state index contributed by atoms with van der Waals surface area (Å²) in [6.45, 7) is 22.8. The maximum atomic E-state index is 12.3. The van der Waals surface area contributed by atoms with Gasteiger partial charge in [0.2, 0.25) is 0 Å². The predicted octanol–water partition coefficient (Wildman–Crippen LogP) is 7.91. The summed E-state index contributed by atoms with van der Waals surface area (Å²) in [5.74, 6) is 0.937. The molecule has 0 aliphatic carbocycles. The zero-order chi connectivity index (χ0) is 27.7. The van der Waals surface area contributed by atoms with Crippen LogP contribution in [0.5, 0.6) is 0 Å². The molecule has 36 heavy (non-hydrogen) atoms. The van der Waals surface area contributed by atoms with Crippen molar-refractivity contribution in [3.05, 3.63) is 71.2 Å². The Labute approximate surface area is 221 Å². The van der Waals surface area contributed by atoms with Crippen molar-refractivity contribution in [2.75, 3.05) is 18.5 Å². The number of carbonyl (C=O) groups is 1. The van der Waals surface area contributed by atoms with Crippen LogP contribution in [0.2, 0.25) is 0 Å². The zero-order valence-corrected chi connectivity index (χ0v) is 24.7. The standard InChI is InChI=1S/C23H26N4O.4C2H6/c1-4-26-12-10-18(14-26)19-8-9-22(25-16(19)2)27-13-11-17-6-5-7-20(21(17)15-27)23(28)24-3;4*1-2/h5-10,12,14H,4,11,13,15H2,1-3H3,(H,24,28);4*1-2H3. The molecule has 5 nitrogen and oxygen atoms in total. The number of hydrogen-bond donors (Lipinski definition) is 1. The molecule has 0 bridgehead atoms. The largest absolute Gasteiger partial charge is 0.355 e. The summed E-state index contributed by atoms with van der Waals surface area (Å²) in [6.07, 6.45) is 5.18. The van der Waals surface area contributed by atoms with E-state index in [9.17, 15) is 4.79 Å². The van der Waals surface area contributed by atoms with Gasteiger partial charge in [-0.25, -0.2) is 4.98 Å². The van der Waals surface area contributed by atoms with Gasteiger partial charge in [-0.2, -0.15) is 0 Å². The van der Waals surface area contributed by atoms with Crippen LogP contribution in [0.1, 0.15) is 89.5 Å². The molecule has 1 aromatic carbocycles. The Morgan fingerprint density at radius 2 is 1.64 bits per heavy atom. The molecule has 0 saturated carbocycles. The molecule has 1 aliphatic rings. The number of pyridine rings is 1. The quantitative estimate of drug-likeness (QED) is 0.401. The molecule has 1 N–H and O–H groups in total. The molecule has 200 valence electrons. The normalized spacial score (nSPS) is 11.0. The molecule has 3 aromatic rings. The van der Waals surface area contributed by atoms with E-state index in [1.807, 2.05) is 67.5 Å². The van der Waals surface area contributed by atoms with E-state index in [4.69, 9.17) is 4.98 Å². The Morgan fingerprint density at radius 1 is 0.972 bits per heavy atom. The van der Waals surface area contributed by atoms with Crippen LogP contribution in [0.3, 0.4) is 0 Å². The van der Waals surface area contributed by atoms with Gasteiger partial charge in [-0.05, 0) is 55.7 Å². The lowest BCUT2D eigenvalue weighted by Gasteiger charge is -2.31. The summed E-state index contributed by atoms with van der Waals surface area (Å²) in [5.41, 5.74) is 6.52. The Morgan fingerprint density at radius 3 is 2.19 bits per heavy atom. The van der Waals surface area contributed by atoms with E-state index < -0.39 is 0 Å². The monoisotopic (exact) mass is 494 g/mol. The van der Waals surface area contributed by atoms with Gasteiger partial charge in [0, 0.05) is 61.5 Å². The second-order valence-corrected chi connectivity index (χ2v) is 7.23. The van der Waals surface area contributed by atoms with E-state index in [1.165, 1.54) is 16.7 Å². The molecule has 0 radical (unpaired) electrons. The highest BCUT2D eigenvalue weighted by Gasteiger charge is 2.22. The summed E-state index contributed by atoms with van der Waals surface area (Å²) in [4.78, 5) is 19.4. The average Bonchev–Trinajstić information content (AvgIpc) is 3.45. The predicted molar refractivity (Wildman–Crippen MR) is 158 cm³/mol. The van der Waals surface area contributed by atoms with Crippen LogP contribution in [0, 0.1) is 6.92 Å². The van der Waals surface area contributed by atoms with Gasteiger partial charge in [0.15, 0.2) is 0 Å². The first-order chi connectivity index (χ1) is 17.6. The smallest absolute Gasteiger partial charge is 0.251 e. The lowest BCUT2D eigenvalue weighted by atomic mass is 9.94. The minimum Gasteiger partial charge on any atom is -0.355 e. The number of aromatic nitrogens is 2. The van der Waals surface area contributed by atoms with Crippen molar-refractivity contribution in [1.29, 1.82) is 0 Å². The SMILES string of the molecule is CC.CC.CC.CC.CCn1ccc(-c2ccc(N3CCc4cccc(C(=O)NC)c4C3)nc2C)c1. The molecule has 3 heterocycles. The summed E-state index contributed by atoms with van der Waals surface area (Å²) < 4.78 is 2.17. The summed E-state index contributed by atoms with van der Waals surface area (Å²) >= 11 is 0. The van der Waals surface area contributed by atoms with Crippen LogP contribution in [-0.4, -0.2) is 29.1 Å². The first kappa shape index (κ1) is 32.9. The molecule has 0 fully saturated rings. The highest BCUT2D eigenvalue weighted by molar-refractivity contribution is 5.96. The lowest BCUT2D eigenvalue weighted by molar-refractivity contribution is 0.0962. The zero-order valence-electron chi connectivity index (χ0n) is 24.7. The Kier molecular flexibility index (Phi) is 16.7. The third-order valence-corrected chi connectivity index (χ3v) is 5.57. The van der Waals surface area contributed by atoms with Gasteiger partial charge in [-0.3, -0.25) is 4.79 Å². The van der Waals surface area contributed by atoms with E-state index in [0.717, 1.165) is 42.1 Å². The molecular formula is C31H50N4O. The topological polar surface area (TPSA) is 50.2 Å². The molecule has 1 amide bonds. The van der Waals surface area contributed by atoms with Crippen LogP contribution >= 0.6 is 0 Å². The number of carbonyl (C=O) groups excluding carboxylic acids is 1. The Hall–Kier alpha value is -3.08. The number of anilines is 1. The minimum atomic E-state index is -0.0291. The minimum absolute atomic E-state index is 0.0291. The van der Waals surface area contributed by atoms with E-state index in [0.29, 0.717) is 6.54 Å². The molecule has 0 unspecified atom stereocenters. The maximum absolute atomic E-state index is 12.3. The van der Waals surface area contributed by atoms with Crippen molar-refractivity contribution in [2.45, 2.75) is 88.7 Å². The summed E-state index contributed by atoms with van der Waals surface area (Å²) in [5, 5.41) is 2.75. The van der Waals surface area contributed by atoms with E-state index in [1.54, 1.807) is 7.05 Å². The average molecular weight is 495 g/mol. The van der Waals surface area contributed by atoms with Gasteiger partial charge in [0.05, 0.1) is 0 Å². The summed E-state index contributed by atoms with van der Waals surface area (Å²) in [6, 6.07) is 12.4. The fraction of sp³-hybridized carbons (Fsp3) is 0.484. The molecule has 0 atom stereocenters. The number of amides is 1. The van der Waals surface area contributed by atoms with Gasteiger partial charge >= 0.3 is 0 Å². The second kappa shape index (κ2) is 18.2. The molecule has 5 heteroatoms. The molecule has 0 saturated heterocycles. The van der Waals surface area contributed by atoms with Gasteiger partial charge in [-0.15, -0.1) is 0 Å². The van der Waals surface area contributed by atoms with Crippen molar-refractivity contribution < 1.29 is 4.79 Å².